The highest BCUT2D eigenvalue weighted by Crippen LogP contribution is 2.16. The molecule has 1 aliphatic rings. The zero-order chi connectivity index (χ0) is 13.8. The molecule has 0 aliphatic carbocycles. The summed E-state index contributed by atoms with van der Waals surface area (Å²) in [4.78, 5) is 23.8. The average Bonchev–Trinajstić information content (AvgIpc) is 2.27. The number of morpholine rings is 1. The van der Waals surface area contributed by atoms with E-state index in [1.807, 2.05) is 13.8 Å². The lowest BCUT2D eigenvalue weighted by Crippen LogP contribution is -2.53. The molecule has 0 saturated carbocycles. The molecule has 18 heavy (non-hydrogen) atoms. The number of carboxylic acids is 1. The number of nitrogens with one attached hydrogen (secondary N) is 1. The zero-order valence-corrected chi connectivity index (χ0v) is 10.7. The first-order valence-electron chi connectivity index (χ1n) is 5.89. The molecule has 104 valence electrons. The Morgan fingerprint density at radius 2 is 2.17 bits per heavy atom. The largest absolute Gasteiger partial charge is 0.479 e. The van der Waals surface area contributed by atoms with Crippen LogP contribution in [0.5, 0.6) is 0 Å². The summed E-state index contributed by atoms with van der Waals surface area (Å²) in [5.74, 6) is -1.28. The molecular weight excluding hydrogens is 240 g/mol. The lowest BCUT2D eigenvalue weighted by Gasteiger charge is -2.38. The molecule has 1 saturated heterocycles. The number of carboxylic acid groups (broad SMARTS) is 1. The Morgan fingerprint density at radius 3 is 2.72 bits per heavy atom. The number of aliphatic carboxylic acids is 1. The lowest BCUT2D eigenvalue weighted by atomic mass is 10.1. The summed E-state index contributed by atoms with van der Waals surface area (Å²) in [5, 5.41) is 20.1. The molecule has 1 rings (SSSR count). The van der Waals surface area contributed by atoms with E-state index in [-0.39, 0.29) is 24.6 Å². The second-order valence-electron chi connectivity index (χ2n) is 4.90. The third-order valence-electron chi connectivity index (χ3n) is 2.69. The van der Waals surface area contributed by atoms with Crippen LogP contribution in [-0.4, -0.2) is 65.1 Å². The fraction of sp³-hybridized carbons (Fsp3) is 0.818. The van der Waals surface area contributed by atoms with Gasteiger partial charge in [0.1, 0.15) is 0 Å². The van der Waals surface area contributed by atoms with Gasteiger partial charge < -0.3 is 25.2 Å². The quantitative estimate of drug-likeness (QED) is 0.641. The first kappa shape index (κ1) is 14.7. The number of nitrogens with zero attached hydrogens (tertiary/aromatic N) is 1. The topological polar surface area (TPSA) is 99.1 Å². The Balaban J connectivity index is 2.30. The highest BCUT2D eigenvalue weighted by atomic mass is 16.5. The third kappa shape index (κ3) is 4.50. The zero-order valence-electron chi connectivity index (χ0n) is 10.7. The predicted molar refractivity (Wildman–Crippen MR) is 63.3 cm³/mol. The van der Waals surface area contributed by atoms with Crippen LogP contribution in [0.15, 0.2) is 0 Å². The van der Waals surface area contributed by atoms with E-state index in [0.29, 0.717) is 19.7 Å². The van der Waals surface area contributed by atoms with Crippen LogP contribution in [0, 0.1) is 0 Å². The van der Waals surface area contributed by atoms with Crippen LogP contribution in [0.3, 0.4) is 0 Å². The molecule has 0 radical (unpaired) electrons. The molecular formula is C11H20N2O5. The van der Waals surface area contributed by atoms with Gasteiger partial charge in [0, 0.05) is 19.5 Å². The van der Waals surface area contributed by atoms with Crippen LogP contribution >= 0.6 is 0 Å². The van der Waals surface area contributed by atoms with E-state index < -0.39 is 12.1 Å². The van der Waals surface area contributed by atoms with Gasteiger partial charge in [-0.15, -0.1) is 0 Å². The third-order valence-corrected chi connectivity index (χ3v) is 2.69. The maximum absolute atomic E-state index is 11.8. The highest BCUT2D eigenvalue weighted by Gasteiger charge is 2.29. The van der Waals surface area contributed by atoms with E-state index in [1.165, 1.54) is 0 Å². The first-order valence-corrected chi connectivity index (χ1v) is 5.89. The average molecular weight is 260 g/mol. The minimum atomic E-state index is -1.44. The van der Waals surface area contributed by atoms with Crippen molar-refractivity contribution in [3.05, 3.63) is 0 Å². The van der Waals surface area contributed by atoms with E-state index >= 15 is 0 Å². The van der Waals surface area contributed by atoms with Gasteiger partial charge in [-0.2, -0.15) is 0 Å². The molecule has 0 aromatic heterocycles. The number of carbonyl (C=O) groups is 2. The van der Waals surface area contributed by atoms with Crippen LogP contribution in [0.25, 0.3) is 0 Å². The molecule has 1 aliphatic heterocycles. The lowest BCUT2D eigenvalue weighted by molar-refractivity contribution is -0.146. The number of hydrogen-bond donors (Lipinski definition) is 3. The summed E-state index contributed by atoms with van der Waals surface area (Å²) in [6.07, 6.45) is -1.44. The maximum Gasteiger partial charge on any atom is 0.332 e. The van der Waals surface area contributed by atoms with E-state index in [2.05, 4.69) is 5.32 Å². The summed E-state index contributed by atoms with van der Waals surface area (Å²) in [6.45, 7) is 5.42. The van der Waals surface area contributed by atoms with E-state index in [9.17, 15) is 9.59 Å². The molecule has 1 atom stereocenters. The summed E-state index contributed by atoms with van der Waals surface area (Å²) in [5.41, 5.74) is -0.365. The van der Waals surface area contributed by atoms with Crippen molar-refractivity contribution in [2.75, 3.05) is 26.2 Å². The number of aliphatic hydroxyl groups is 1. The predicted octanol–water partition coefficient (Wildman–Crippen LogP) is -0.358. The van der Waals surface area contributed by atoms with Crippen LogP contribution in [-0.2, 0) is 9.53 Å². The van der Waals surface area contributed by atoms with Gasteiger partial charge in [0.25, 0.3) is 0 Å². The van der Waals surface area contributed by atoms with Crippen LogP contribution < -0.4 is 5.32 Å². The van der Waals surface area contributed by atoms with Crippen molar-refractivity contribution in [1.29, 1.82) is 0 Å². The minimum Gasteiger partial charge on any atom is -0.479 e. The van der Waals surface area contributed by atoms with Crippen molar-refractivity contribution in [2.45, 2.75) is 32.0 Å². The molecule has 2 amide bonds. The summed E-state index contributed by atoms with van der Waals surface area (Å²) >= 11 is 0. The Kier molecular flexibility index (Phi) is 4.92. The number of amides is 2. The van der Waals surface area contributed by atoms with Gasteiger partial charge in [-0.05, 0) is 13.8 Å². The molecule has 0 spiro atoms. The number of carbonyl (C=O) groups excluding carboxylic acids is 1. The van der Waals surface area contributed by atoms with Gasteiger partial charge in [0.2, 0.25) is 0 Å². The van der Waals surface area contributed by atoms with Gasteiger partial charge in [-0.25, -0.2) is 9.59 Å². The van der Waals surface area contributed by atoms with Gasteiger partial charge in [-0.1, -0.05) is 0 Å². The Bertz CT molecular complexity index is 319. The number of hydrogen-bond acceptors (Lipinski definition) is 4. The van der Waals surface area contributed by atoms with Crippen LogP contribution in [0.2, 0.25) is 0 Å². The minimum absolute atomic E-state index is 0.00515. The molecule has 0 aromatic rings. The Labute approximate surface area is 106 Å². The molecule has 1 fully saturated rings. The van der Waals surface area contributed by atoms with E-state index in [1.54, 1.807) is 4.90 Å². The fourth-order valence-corrected chi connectivity index (χ4v) is 1.74. The summed E-state index contributed by atoms with van der Waals surface area (Å²) < 4.78 is 5.48. The van der Waals surface area contributed by atoms with Crippen molar-refractivity contribution in [3.8, 4) is 0 Å². The monoisotopic (exact) mass is 260 g/mol. The number of urea groups is 1. The number of rotatable bonds is 4. The number of ether oxygens (including phenoxy) is 1. The molecule has 7 nitrogen and oxygen atoms in total. The first-order chi connectivity index (χ1) is 8.32. The highest BCUT2D eigenvalue weighted by molar-refractivity contribution is 5.75. The standard InChI is InChI=1S/C11H20N2O5/c1-11(2)7-13(5-6-18-11)10(17)12-4-3-8(14)9(15)16/h8,14H,3-7H2,1-2H3,(H,12,17)(H,15,16). The van der Waals surface area contributed by atoms with Gasteiger partial charge in [0.05, 0.1) is 18.8 Å². The molecule has 1 unspecified atom stereocenters. The second kappa shape index (κ2) is 6.01. The molecule has 1 heterocycles. The summed E-state index contributed by atoms with van der Waals surface area (Å²) in [7, 11) is 0. The molecule has 7 heteroatoms. The van der Waals surface area contributed by atoms with E-state index in [4.69, 9.17) is 14.9 Å². The van der Waals surface area contributed by atoms with Crippen molar-refractivity contribution >= 4 is 12.0 Å². The smallest absolute Gasteiger partial charge is 0.332 e. The number of aliphatic hydroxyl groups excluding tert-OH is 1. The van der Waals surface area contributed by atoms with Crippen LogP contribution in [0.4, 0.5) is 4.79 Å². The maximum atomic E-state index is 11.8. The van der Waals surface area contributed by atoms with Gasteiger partial charge in [0.15, 0.2) is 6.10 Å². The Morgan fingerprint density at radius 1 is 1.50 bits per heavy atom. The Hall–Kier alpha value is -1.34. The van der Waals surface area contributed by atoms with Crippen molar-refractivity contribution in [2.24, 2.45) is 0 Å². The molecule has 0 bridgehead atoms. The van der Waals surface area contributed by atoms with Crippen molar-refractivity contribution in [3.63, 3.8) is 0 Å². The second-order valence-corrected chi connectivity index (χ2v) is 4.90. The van der Waals surface area contributed by atoms with Crippen molar-refractivity contribution < 1.29 is 24.5 Å². The van der Waals surface area contributed by atoms with E-state index in [0.717, 1.165) is 0 Å². The summed E-state index contributed by atoms with van der Waals surface area (Å²) in [6, 6.07) is -0.260. The molecule has 3 N–H and O–H groups in total. The van der Waals surface area contributed by atoms with Gasteiger partial charge in [-0.3, -0.25) is 0 Å². The SMILES string of the molecule is CC1(C)CN(C(=O)NCCC(O)C(=O)O)CCO1. The normalized spacial score (nSPS) is 20.3. The fourth-order valence-electron chi connectivity index (χ4n) is 1.74. The van der Waals surface area contributed by atoms with Crippen LogP contribution in [0.1, 0.15) is 20.3 Å². The molecule has 0 aromatic carbocycles. The van der Waals surface area contributed by atoms with Gasteiger partial charge >= 0.3 is 12.0 Å². The van der Waals surface area contributed by atoms with Crippen molar-refractivity contribution in [1.82, 2.24) is 10.2 Å².